The van der Waals surface area contributed by atoms with E-state index in [9.17, 15) is 0 Å². The number of piperidine rings is 1. The van der Waals surface area contributed by atoms with Gasteiger partial charge in [-0.15, -0.1) is 0 Å². The first-order valence-corrected chi connectivity index (χ1v) is 7.30. The van der Waals surface area contributed by atoms with Crippen LogP contribution in [0.4, 0.5) is 5.69 Å². The Hall–Kier alpha value is -0.580. The summed E-state index contributed by atoms with van der Waals surface area (Å²) in [6.45, 7) is 2.83. The summed E-state index contributed by atoms with van der Waals surface area (Å²) in [5.74, 6) is 0. The highest BCUT2D eigenvalue weighted by Crippen LogP contribution is 2.27. The van der Waals surface area contributed by atoms with Crippen LogP contribution in [0.3, 0.4) is 0 Å². The van der Waals surface area contributed by atoms with Crippen LogP contribution >= 0.6 is 15.9 Å². The Morgan fingerprint density at radius 3 is 2.67 bits per heavy atom. The lowest BCUT2D eigenvalue weighted by atomic mass is 10.1. The van der Waals surface area contributed by atoms with Gasteiger partial charge >= 0.3 is 0 Å². The summed E-state index contributed by atoms with van der Waals surface area (Å²) in [5, 5.41) is 0. The molecule has 1 aromatic carbocycles. The summed E-state index contributed by atoms with van der Waals surface area (Å²) in [7, 11) is 1.80. The van der Waals surface area contributed by atoms with Gasteiger partial charge in [-0.2, -0.15) is 0 Å². The van der Waals surface area contributed by atoms with Crippen LogP contribution in [0, 0.1) is 0 Å². The van der Waals surface area contributed by atoms with Crippen molar-refractivity contribution in [1.82, 2.24) is 0 Å². The van der Waals surface area contributed by atoms with E-state index in [0.717, 1.165) is 32.4 Å². The van der Waals surface area contributed by atoms with E-state index in [1.807, 2.05) is 0 Å². The van der Waals surface area contributed by atoms with Gasteiger partial charge in [-0.3, -0.25) is 0 Å². The van der Waals surface area contributed by atoms with Crippen molar-refractivity contribution in [2.45, 2.75) is 25.4 Å². The van der Waals surface area contributed by atoms with Crippen molar-refractivity contribution in [3.05, 3.63) is 28.2 Å². The second-order valence-corrected chi connectivity index (χ2v) is 5.59. The first kappa shape index (κ1) is 13.8. The molecule has 0 amide bonds. The molecule has 4 heteroatoms. The minimum atomic E-state index is 0.432. The number of ether oxygens (including phenoxy) is 1. The van der Waals surface area contributed by atoms with Crippen molar-refractivity contribution in [1.29, 1.82) is 0 Å². The number of anilines is 1. The van der Waals surface area contributed by atoms with Crippen LogP contribution in [0.1, 0.15) is 18.4 Å². The van der Waals surface area contributed by atoms with Crippen molar-refractivity contribution in [3.8, 4) is 0 Å². The average Bonchev–Trinajstić information content (AvgIpc) is 2.41. The predicted octanol–water partition coefficient (Wildman–Crippen LogP) is 2.57. The molecule has 0 aliphatic carbocycles. The van der Waals surface area contributed by atoms with Gasteiger partial charge in [-0.25, -0.2) is 0 Å². The molecule has 1 fully saturated rings. The molecule has 0 bridgehead atoms. The number of nitrogens with zero attached hydrogens (tertiary/aromatic N) is 1. The summed E-state index contributed by atoms with van der Waals surface area (Å²) in [6, 6.07) is 6.58. The lowest BCUT2D eigenvalue weighted by molar-refractivity contribution is 0.0819. The van der Waals surface area contributed by atoms with Crippen LogP contribution in [0.25, 0.3) is 0 Å². The van der Waals surface area contributed by atoms with Crippen LogP contribution in [0.2, 0.25) is 0 Å². The predicted molar refractivity (Wildman–Crippen MR) is 79.1 cm³/mol. The van der Waals surface area contributed by atoms with E-state index in [0.29, 0.717) is 12.6 Å². The normalized spacial score (nSPS) is 17.2. The molecule has 2 N–H and O–H groups in total. The second-order valence-electron chi connectivity index (χ2n) is 4.74. The van der Waals surface area contributed by atoms with Crippen molar-refractivity contribution in [2.24, 2.45) is 5.73 Å². The topological polar surface area (TPSA) is 38.5 Å². The molecule has 3 nitrogen and oxygen atoms in total. The van der Waals surface area contributed by atoms with Gasteiger partial charge in [0.1, 0.15) is 0 Å². The van der Waals surface area contributed by atoms with E-state index in [-0.39, 0.29) is 0 Å². The largest absolute Gasteiger partial charge is 0.381 e. The van der Waals surface area contributed by atoms with Crippen molar-refractivity contribution >= 4 is 21.6 Å². The van der Waals surface area contributed by atoms with Gasteiger partial charge < -0.3 is 15.4 Å². The third-order valence-corrected chi connectivity index (χ3v) is 4.33. The molecule has 0 atom stereocenters. The lowest BCUT2D eigenvalue weighted by Crippen LogP contribution is -2.36. The van der Waals surface area contributed by atoms with E-state index in [2.05, 4.69) is 39.0 Å². The van der Waals surface area contributed by atoms with Crippen molar-refractivity contribution in [2.75, 3.05) is 31.6 Å². The average molecular weight is 313 g/mol. The molecule has 0 radical (unpaired) electrons. The molecule has 1 aliphatic rings. The SMILES string of the molecule is COC1CCN(c2ccc(CCN)c(Br)c2)CC1. The summed E-state index contributed by atoms with van der Waals surface area (Å²) in [5.41, 5.74) is 8.17. The van der Waals surface area contributed by atoms with Gasteiger partial charge in [0, 0.05) is 30.4 Å². The van der Waals surface area contributed by atoms with E-state index in [4.69, 9.17) is 10.5 Å². The molecule has 2 rings (SSSR count). The van der Waals surface area contributed by atoms with Gasteiger partial charge in [0.15, 0.2) is 0 Å². The Bertz CT molecular complexity index is 389. The van der Waals surface area contributed by atoms with E-state index >= 15 is 0 Å². The molecule has 1 heterocycles. The Balaban J connectivity index is 2.03. The third kappa shape index (κ3) is 3.25. The van der Waals surface area contributed by atoms with Gasteiger partial charge in [0.05, 0.1) is 6.10 Å². The molecule has 18 heavy (non-hydrogen) atoms. The lowest BCUT2D eigenvalue weighted by Gasteiger charge is -2.33. The summed E-state index contributed by atoms with van der Waals surface area (Å²) in [6.07, 6.45) is 3.57. The fourth-order valence-electron chi connectivity index (χ4n) is 2.44. The fraction of sp³-hybridized carbons (Fsp3) is 0.571. The smallest absolute Gasteiger partial charge is 0.0605 e. The number of halogens is 1. The van der Waals surface area contributed by atoms with Gasteiger partial charge in [0.25, 0.3) is 0 Å². The number of nitrogens with two attached hydrogens (primary N) is 1. The minimum Gasteiger partial charge on any atom is -0.381 e. The molecule has 0 saturated carbocycles. The standard InChI is InChI=1S/C14H21BrN2O/c1-18-13-5-8-17(9-6-13)12-3-2-11(4-7-16)14(15)10-12/h2-3,10,13H,4-9,16H2,1H3. The number of methoxy groups -OCH3 is 1. The van der Waals surface area contributed by atoms with Crippen LogP contribution in [0.15, 0.2) is 22.7 Å². The number of rotatable bonds is 4. The van der Waals surface area contributed by atoms with Crippen LogP contribution in [-0.2, 0) is 11.2 Å². The highest BCUT2D eigenvalue weighted by Gasteiger charge is 2.19. The summed E-state index contributed by atoms with van der Waals surface area (Å²) in [4.78, 5) is 2.42. The zero-order valence-electron chi connectivity index (χ0n) is 10.9. The van der Waals surface area contributed by atoms with E-state index < -0.39 is 0 Å². The number of hydrogen-bond acceptors (Lipinski definition) is 3. The first-order valence-electron chi connectivity index (χ1n) is 6.51. The highest BCUT2D eigenvalue weighted by molar-refractivity contribution is 9.10. The molecule has 0 unspecified atom stereocenters. The molecule has 0 spiro atoms. The maximum Gasteiger partial charge on any atom is 0.0605 e. The maximum absolute atomic E-state index is 5.60. The summed E-state index contributed by atoms with van der Waals surface area (Å²) >= 11 is 3.63. The number of hydrogen-bond donors (Lipinski definition) is 1. The summed E-state index contributed by atoms with van der Waals surface area (Å²) < 4.78 is 6.57. The van der Waals surface area contributed by atoms with E-state index in [1.165, 1.54) is 15.7 Å². The van der Waals surface area contributed by atoms with Gasteiger partial charge in [-0.05, 0) is 43.5 Å². The zero-order chi connectivity index (χ0) is 13.0. The van der Waals surface area contributed by atoms with Gasteiger partial charge in [0.2, 0.25) is 0 Å². The molecule has 0 aromatic heterocycles. The molecule has 100 valence electrons. The van der Waals surface area contributed by atoms with Crippen molar-refractivity contribution < 1.29 is 4.74 Å². The molecular formula is C14H21BrN2O. The third-order valence-electron chi connectivity index (χ3n) is 3.59. The van der Waals surface area contributed by atoms with Gasteiger partial charge in [-0.1, -0.05) is 22.0 Å². The Kier molecular flexibility index (Phi) is 5.03. The Morgan fingerprint density at radius 1 is 1.39 bits per heavy atom. The molecule has 1 aromatic rings. The monoisotopic (exact) mass is 312 g/mol. The minimum absolute atomic E-state index is 0.432. The second kappa shape index (κ2) is 6.55. The zero-order valence-corrected chi connectivity index (χ0v) is 12.4. The number of benzene rings is 1. The Labute approximate surface area is 117 Å². The van der Waals surface area contributed by atoms with Crippen molar-refractivity contribution in [3.63, 3.8) is 0 Å². The quantitative estimate of drug-likeness (QED) is 0.928. The highest BCUT2D eigenvalue weighted by atomic mass is 79.9. The Morgan fingerprint density at radius 2 is 2.11 bits per heavy atom. The van der Waals surface area contributed by atoms with Crippen LogP contribution < -0.4 is 10.6 Å². The molecular weight excluding hydrogens is 292 g/mol. The fourth-order valence-corrected chi connectivity index (χ4v) is 3.01. The van der Waals surface area contributed by atoms with Crippen LogP contribution in [-0.4, -0.2) is 32.8 Å². The van der Waals surface area contributed by atoms with Crippen LogP contribution in [0.5, 0.6) is 0 Å². The molecule has 1 aliphatic heterocycles. The van der Waals surface area contributed by atoms with E-state index in [1.54, 1.807) is 7.11 Å². The first-order chi connectivity index (χ1) is 8.74. The maximum atomic E-state index is 5.60. The molecule has 1 saturated heterocycles.